The van der Waals surface area contributed by atoms with Crippen LogP contribution in [0.15, 0.2) is 30.5 Å². The number of hydrogen-bond acceptors (Lipinski definition) is 4. The van der Waals surface area contributed by atoms with E-state index in [1.165, 1.54) is 0 Å². The molecule has 2 aromatic heterocycles. The van der Waals surface area contributed by atoms with Gasteiger partial charge >= 0.3 is 0 Å². The number of carbonyl (C=O) groups is 1. The van der Waals surface area contributed by atoms with Gasteiger partial charge in [-0.15, -0.1) is 0 Å². The molecule has 0 radical (unpaired) electrons. The molecule has 0 unspecified atom stereocenters. The van der Waals surface area contributed by atoms with Crippen molar-refractivity contribution >= 4 is 17.4 Å². The van der Waals surface area contributed by atoms with Crippen LogP contribution < -0.4 is 11.1 Å². The zero-order valence-electron chi connectivity index (χ0n) is 10.3. The molecule has 5 nitrogen and oxygen atoms in total. The minimum Gasteiger partial charge on any atom is -0.384 e. The first-order valence-electron chi connectivity index (χ1n) is 5.53. The van der Waals surface area contributed by atoms with Crippen LogP contribution in [0, 0.1) is 13.8 Å². The highest BCUT2D eigenvalue weighted by molar-refractivity contribution is 6.04. The fraction of sp³-hybridized carbons (Fsp3) is 0.154. The van der Waals surface area contributed by atoms with Crippen LogP contribution in [0.2, 0.25) is 0 Å². The molecule has 2 aromatic rings. The summed E-state index contributed by atoms with van der Waals surface area (Å²) in [4.78, 5) is 20.2. The Labute approximate surface area is 105 Å². The van der Waals surface area contributed by atoms with E-state index in [4.69, 9.17) is 5.73 Å². The molecular weight excluding hydrogens is 228 g/mol. The smallest absolute Gasteiger partial charge is 0.255 e. The zero-order valence-corrected chi connectivity index (χ0v) is 10.3. The van der Waals surface area contributed by atoms with Crippen molar-refractivity contribution in [3.05, 3.63) is 47.4 Å². The summed E-state index contributed by atoms with van der Waals surface area (Å²) in [6.07, 6.45) is 1.68. The molecule has 5 heteroatoms. The number of rotatable bonds is 2. The monoisotopic (exact) mass is 242 g/mol. The predicted octanol–water partition coefficient (Wildman–Crippen LogP) is 1.93. The molecule has 2 heterocycles. The fourth-order valence-electron chi connectivity index (χ4n) is 1.64. The predicted molar refractivity (Wildman–Crippen MR) is 70.3 cm³/mol. The highest BCUT2D eigenvalue weighted by atomic mass is 16.1. The average molecular weight is 242 g/mol. The van der Waals surface area contributed by atoms with Gasteiger partial charge in [0.25, 0.3) is 5.91 Å². The Bertz CT molecular complexity index is 575. The topological polar surface area (TPSA) is 80.9 Å². The second-order valence-electron chi connectivity index (χ2n) is 4.01. The number of nitrogens with one attached hydrogen (secondary N) is 1. The van der Waals surface area contributed by atoms with Gasteiger partial charge in [0.05, 0.1) is 11.4 Å². The van der Waals surface area contributed by atoms with Crippen molar-refractivity contribution in [3.8, 4) is 0 Å². The van der Waals surface area contributed by atoms with Crippen LogP contribution in [0.5, 0.6) is 0 Å². The molecule has 18 heavy (non-hydrogen) atoms. The summed E-state index contributed by atoms with van der Waals surface area (Å²) in [6.45, 7) is 3.63. The maximum absolute atomic E-state index is 12.0. The number of nitrogen functional groups attached to an aromatic ring is 1. The lowest BCUT2D eigenvalue weighted by atomic mass is 10.2. The number of pyridine rings is 2. The van der Waals surface area contributed by atoms with Gasteiger partial charge in [-0.25, -0.2) is 4.98 Å². The minimum atomic E-state index is -0.219. The van der Waals surface area contributed by atoms with Crippen molar-refractivity contribution in [2.75, 3.05) is 11.1 Å². The number of nitrogens with zero attached hydrogens (tertiary/aromatic N) is 2. The summed E-state index contributed by atoms with van der Waals surface area (Å²) in [6, 6.07) is 6.82. The summed E-state index contributed by atoms with van der Waals surface area (Å²) in [7, 11) is 0. The molecular formula is C13H14N4O. The molecule has 0 aliphatic heterocycles. The van der Waals surface area contributed by atoms with Crippen LogP contribution >= 0.6 is 0 Å². The van der Waals surface area contributed by atoms with Crippen molar-refractivity contribution in [3.63, 3.8) is 0 Å². The SMILES string of the molecule is Cc1cc(C(=O)Nc2cccnc2C)cc(N)n1. The standard InChI is InChI=1S/C13H14N4O/c1-8-6-10(7-12(14)16-8)13(18)17-11-4-3-5-15-9(11)2/h3-7H,1-2H3,(H2,14,16)(H,17,18). The first-order chi connectivity index (χ1) is 8.56. The number of amides is 1. The van der Waals surface area contributed by atoms with E-state index in [0.717, 1.165) is 5.69 Å². The van der Waals surface area contributed by atoms with Gasteiger partial charge in [0.1, 0.15) is 5.82 Å². The minimum absolute atomic E-state index is 0.219. The van der Waals surface area contributed by atoms with E-state index < -0.39 is 0 Å². The van der Waals surface area contributed by atoms with E-state index in [1.54, 1.807) is 37.4 Å². The molecule has 0 saturated carbocycles. The van der Waals surface area contributed by atoms with Crippen molar-refractivity contribution in [2.45, 2.75) is 13.8 Å². The summed E-state index contributed by atoms with van der Waals surface area (Å²) in [5.74, 6) is 0.117. The highest BCUT2D eigenvalue weighted by Gasteiger charge is 2.09. The summed E-state index contributed by atoms with van der Waals surface area (Å²) >= 11 is 0. The van der Waals surface area contributed by atoms with Crippen molar-refractivity contribution in [1.82, 2.24) is 9.97 Å². The molecule has 0 bridgehead atoms. The Morgan fingerprint density at radius 2 is 2.11 bits per heavy atom. The average Bonchev–Trinajstić information content (AvgIpc) is 2.31. The summed E-state index contributed by atoms with van der Waals surface area (Å²) in [5, 5.41) is 2.80. The fourth-order valence-corrected chi connectivity index (χ4v) is 1.64. The number of aromatic nitrogens is 2. The molecule has 1 amide bonds. The number of anilines is 2. The zero-order chi connectivity index (χ0) is 13.1. The van der Waals surface area contributed by atoms with Crippen molar-refractivity contribution in [2.24, 2.45) is 0 Å². The lowest BCUT2D eigenvalue weighted by molar-refractivity contribution is 0.102. The van der Waals surface area contributed by atoms with E-state index >= 15 is 0 Å². The lowest BCUT2D eigenvalue weighted by Gasteiger charge is -2.08. The molecule has 0 aliphatic carbocycles. The van der Waals surface area contributed by atoms with Crippen LogP contribution in [0.4, 0.5) is 11.5 Å². The Balaban J connectivity index is 2.25. The molecule has 0 spiro atoms. The van der Waals surface area contributed by atoms with Gasteiger partial charge in [0, 0.05) is 17.5 Å². The number of hydrogen-bond donors (Lipinski definition) is 2. The van der Waals surface area contributed by atoms with Gasteiger partial charge in [-0.3, -0.25) is 9.78 Å². The molecule has 0 fully saturated rings. The molecule has 0 aliphatic rings. The quantitative estimate of drug-likeness (QED) is 0.843. The van der Waals surface area contributed by atoms with Crippen molar-refractivity contribution < 1.29 is 4.79 Å². The summed E-state index contributed by atoms with van der Waals surface area (Å²) in [5.41, 5.74) is 8.28. The van der Waals surface area contributed by atoms with E-state index in [1.807, 2.05) is 6.92 Å². The maximum Gasteiger partial charge on any atom is 0.255 e. The molecule has 0 saturated heterocycles. The first-order valence-corrected chi connectivity index (χ1v) is 5.53. The molecule has 3 N–H and O–H groups in total. The van der Waals surface area contributed by atoms with Crippen molar-refractivity contribution in [1.29, 1.82) is 0 Å². The molecule has 0 atom stereocenters. The first kappa shape index (κ1) is 12.0. The Morgan fingerprint density at radius 1 is 1.33 bits per heavy atom. The molecule has 0 aromatic carbocycles. The number of carbonyl (C=O) groups excluding carboxylic acids is 1. The van der Waals surface area contributed by atoms with Gasteiger partial charge in [0.2, 0.25) is 0 Å². The van der Waals surface area contributed by atoms with Gasteiger partial charge in [-0.2, -0.15) is 0 Å². The van der Waals surface area contributed by atoms with E-state index in [9.17, 15) is 4.79 Å². The lowest BCUT2D eigenvalue weighted by Crippen LogP contribution is -2.14. The van der Waals surface area contributed by atoms with Crippen LogP contribution in [0.25, 0.3) is 0 Å². The second-order valence-corrected chi connectivity index (χ2v) is 4.01. The Morgan fingerprint density at radius 3 is 2.78 bits per heavy atom. The largest absolute Gasteiger partial charge is 0.384 e. The van der Waals surface area contributed by atoms with Gasteiger partial charge in [0.15, 0.2) is 0 Å². The van der Waals surface area contributed by atoms with E-state index in [-0.39, 0.29) is 5.91 Å². The molecule has 92 valence electrons. The third-order valence-corrected chi connectivity index (χ3v) is 2.49. The van der Waals surface area contributed by atoms with Crippen LogP contribution in [-0.4, -0.2) is 15.9 Å². The summed E-state index contributed by atoms with van der Waals surface area (Å²) < 4.78 is 0. The van der Waals surface area contributed by atoms with E-state index in [0.29, 0.717) is 22.8 Å². The third kappa shape index (κ3) is 2.63. The highest BCUT2D eigenvalue weighted by Crippen LogP contribution is 2.13. The van der Waals surface area contributed by atoms with Gasteiger partial charge in [-0.1, -0.05) is 0 Å². The van der Waals surface area contributed by atoms with Crippen LogP contribution in [0.1, 0.15) is 21.7 Å². The van der Waals surface area contributed by atoms with Crippen LogP contribution in [0.3, 0.4) is 0 Å². The second kappa shape index (κ2) is 4.83. The molecule has 2 rings (SSSR count). The van der Waals surface area contributed by atoms with Gasteiger partial charge in [-0.05, 0) is 38.1 Å². The normalized spacial score (nSPS) is 10.1. The third-order valence-electron chi connectivity index (χ3n) is 2.49. The van der Waals surface area contributed by atoms with E-state index in [2.05, 4.69) is 15.3 Å². The number of nitrogens with two attached hydrogens (primary N) is 1. The van der Waals surface area contributed by atoms with Crippen LogP contribution in [-0.2, 0) is 0 Å². The number of aryl methyl sites for hydroxylation is 2. The maximum atomic E-state index is 12.0. The Hall–Kier alpha value is -2.43. The Kier molecular flexibility index (Phi) is 3.23. The van der Waals surface area contributed by atoms with Gasteiger partial charge < -0.3 is 11.1 Å².